The molecule has 2 heterocycles. The average Bonchev–Trinajstić information content (AvgIpc) is 2.04. The van der Waals surface area contributed by atoms with E-state index in [-0.39, 0.29) is 11.2 Å². The second kappa shape index (κ2) is 2.34. The first kappa shape index (κ1) is 6.84. The van der Waals surface area contributed by atoms with Gasteiger partial charge >= 0.3 is 0 Å². The number of aromatic nitrogens is 2. The number of rotatable bonds is 0. The first-order valence-electron chi connectivity index (χ1n) is 3.51. The summed E-state index contributed by atoms with van der Waals surface area (Å²) in [6, 6.07) is 3.15. The molecular weight excluding hydrogens is 154 g/mol. The Labute approximate surface area is 68.1 Å². The Morgan fingerprint density at radius 3 is 3.00 bits per heavy atom. The Bertz CT molecular complexity index is 470. The van der Waals surface area contributed by atoms with E-state index >= 15 is 0 Å². The third-order valence-electron chi connectivity index (χ3n) is 1.70. The molecule has 0 aliphatic carbocycles. The van der Waals surface area contributed by atoms with E-state index < -0.39 is 0 Å². The van der Waals surface area contributed by atoms with Gasteiger partial charge in [-0.3, -0.25) is 4.79 Å². The largest absolute Gasteiger partial charge is 0.383 e. The molecule has 0 saturated carbocycles. The fourth-order valence-corrected chi connectivity index (χ4v) is 1.15. The van der Waals surface area contributed by atoms with Crippen molar-refractivity contribution in [2.45, 2.75) is 0 Å². The Morgan fingerprint density at radius 2 is 2.25 bits per heavy atom. The molecule has 2 aromatic rings. The number of pyridine rings is 2. The van der Waals surface area contributed by atoms with Gasteiger partial charge in [-0.15, -0.1) is 0 Å². The van der Waals surface area contributed by atoms with Gasteiger partial charge in [0, 0.05) is 18.5 Å². The molecule has 0 bridgehead atoms. The molecule has 2 aromatic heterocycles. The zero-order valence-electron chi connectivity index (χ0n) is 6.24. The quantitative estimate of drug-likeness (QED) is 0.591. The van der Waals surface area contributed by atoms with Crippen LogP contribution in [0.25, 0.3) is 10.9 Å². The van der Waals surface area contributed by atoms with Crippen LogP contribution < -0.4 is 11.2 Å². The van der Waals surface area contributed by atoms with E-state index in [1.54, 1.807) is 18.5 Å². The van der Waals surface area contributed by atoms with E-state index in [2.05, 4.69) is 9.97 Å². The molecule has 0 fully saturated rings. The van der Waals surface area contributed by atoms with Crippen molar-refractivity contribution >= 4 is 16.7 Å². The number of H-pyrrole nitrogens is 1. The van der Waals surface area contributed by atoms with Crippen molar-refractivity contribution in [1.29, 1.82) is 0 Å². The lowest BCUT2D eigenvalue weighted by atomic mass is 10.2. The van der Waals surface area contributed by atoms with Crippen LogP contribution in [0.1, 0.15) is 0 Å². The van der Waals surface area contributed by atoms with Gasteiger partial charge in [0.05, 0.1) is 10.9 Å². The minimum absolute atomic E-state index is 0.102. The smallest absolute Gasteiger partial charge is 0.193 e. The number of nitrogens with two attached hydrogens (primary N) is 1. The standard InChI is InChI=1S/C8H7N3O/c9-8-7-5(1-3-11-8)10-4-2-6(7)12/h1-4H,(H2,9,11)(H,10,12). The lowest BCUT2D eigenvalue weighted by Gasteiger charge is -1.97. The number of nitrogens with zero attached hydrogens (tertiary/aromatic N) is 1. The molecule has 0 amide bonds. The number of aromatic amines is 1. The first-order chi connectivity index (χ1) is 5.79. The van der Waals surface area contributed by atoms with Crippen LogP contribution in [-0.2, 0) is 0 Å². The van der Waals surface area contributed by atoms with Crippen molar-refractivity contribution in [2.24, 2.45) is 0 Å². The number of hydrogen-bond donors (Lipinski definition) is 2. The molecule has 60 valence electrons. The fraction of sp³-hybridized carbons (Fsp3) is 0. The van der Waals surface area contributed by atoms with E-state index in [4.69, 9.17) is 5.73 Å². The summed E-state index contributed by atoms with van der Waals surface area (Å²) in [6.07, 6.45) is 3.15. The molecule has 0 aliphatic rings. The van der Waals surface area contributed by atoms with Crippen LogP contribution in [0.3, 0.4) is 0 Å². The van der Waals surface area contributed by atoms with Gasteiger partial charge in [0.2, 0.25) is 0 Å². The molecule has 4 heteroatoms. The predicted octanol–water partition coefficient (Wildman–Crippen LogP) is 0.505. The van der Waals surface area contributed by atoms with Gasteiger partial charge < -0.3 is 10.7 Å². The van der Waals surface area contributed by atoms with Crippen LogP contribution in [0, 0.1) is 0 Å². The third-order valence-corrected chi connectivity index (χ3v) is 1.70. The van der Waals surface area contributed by atoms with Crippen molar-refractivity contribution in [1.82, 2.24) is 9.97 Å². The maximum absolute atomic E-state index is 11.3. The average molecular weight is 161 g/mol. The molecule has 0 spiro atoms. The zero-order valence-corrected chi connectivity index (χ0v) is 6.24. The number of fused-ring (bicyclic) bond motifs is 1. The molecule has 12 heavy (non-hydrogen) atoms. The van der Waals surface area contributed by atoms with Crippen LogP contribution in [0.2, 0.25) is 0 Å². The molecule has 0 radical (unpaired) electrons. The SMILES string of the molecule is Nc1nccc2[nH]ccc(=O)c12. The summed E-state index contributed by atoms with van der Waals surface area (Å²) < 4.78 is 0. The van der Waals surface area contributed by atoms with Crippen LogP contribution in [0.5, 0.6) is 0 Å². The summed E-state index contributed by atoms with van der Waals surface area (Å²) >= 11 is 0. The molecule has 3 N–H and O–H groups in total. The highest BCUT2D eigenvalue weighted by Gasteiger charge is 2.00. The predicted molar refractivity (Wildman–Crippen MR) is 46.8 cm³/mol. The van der Waals surface area contributed by atoms with Gasteiger partial charge in [-0.2, -0.15) is 0 Å². The van der Waals surface area contributed by atoms with Crippen molar-refractivity contribution in [2.75, 3.05) is 5.73 Å². The van der Waals surface area contributed by atoms with Gasteiger partial charge in [-0.25, -0.2) is 4.98 Å². The highest BCUT2D eigenvalue weighted by atomic mass is 16.1. The van der Waals surface area contributed by atoms with Gasteiger partial charge in [-0.05, 0) is 6.07 Å². The Balaban J connectivity index is 3.07. The summed E-state index contributed by atoms with van der Waals surface area (Å²) in [5.74, 6) is 0.273. The summed E-state index contributed by atoms with van der Waals surface area (Å²) in [5, 5.41) is 0.458. The van der Waals surface area contributed by atoms with Crippen molar-refractivity contribution in [3.63, 3.8) is 0 Å². The number of hydrogen-bond acceptors (Lipinski definition) is 3. The second-order valence-corrected chi connectivity index (χ2v) is 2.46. The summed E-state index contributed by atoms with van der Waals surface area (Å²) in [7, 11) is 0. The van der Waals surface area contributed by atoms with Gasteiger partial charge in [0.15, 0.2) is 5.43 Å². The lowest BCUT2D eigenvalue weighted by molar-refractivity contribution is 1.32. The van der Waals surface area contributed by atoms with Gasteiger partial charge in [0.1, 0.15) is 5.82 Å². The van der Waals surface area contributed by atoms with Crippen LogP contribution in [0.4, 0.5) is 5.82 Å². The third kappa shape index (κ3) is 0.852. The zero-order chi connectivity index (χ0) is 8.55. The summed E-state index contributed by atoms with van der Waals surface area (Å²) in [6.45, 7) is 0. The maximum atomic E-state index is 11.3. The van der Waals surface area contributed by atoms with Crippen LogP contribution >= 0.6 is 0 Å². The van der Waals surface area contributed by atoms with E-state index in [0.29, 0.717) is 5.39 Å². The normalized spacial score (nSPS) is 10.3. The molecule has 2 rings (SSSR count). The number of nitrogens with one attached hydrogen (secondary N) is 1. The molecule has 0 saturated heterocycles. The molecule has 0 aliphatic heterocycles. The Hall–Kier alpha value is -1.84. The van der Waals surface area contributed by atoms with Crippen molar-refractivity contribution in [3.8, 4) is 0 Å². The van der Waals surface area contributed by atoms with E-state index in [9.17, 15) is 4.79 Å². The van der Waals surface area contributed by atoms with Crippen molar-refractivity contribution in [3.05, 3.63) is 34.7 Å². The maximum Gasteiger partial charge on any atom is 0.193 e. The van der Waals surface area contributed by atoms with Crippen LogP contribution in [-0.4, -0.2) is 9.97 Å². The minimum atomic E-state index is -0.102. The molecular formula is C8H7N3O. The van der Waals surface area contributed by atoms with E-state index in [1.165, 1.54) is 6.07 Å². The Morgan fingerprint density at radius 1 is 1.42 bits per heavy atom. The molecule has 0 aromatic carbocycles. The Kier molecular flexibility index (Phi) is 1.33. The highest BCUT2D eigenvalue weighted by Crippen LogP contribution is 2.10. The monoisotopic (exact) mass is 161 g/mol. The fourth-order valence-electron chi connectivity index (χ4n) is 1.15. The summed E-state index contributed by atoms with van der Waals surface area (Å²) in [4.78, 5) is 18.0. The minimum Gasteiger partial charge on any atom is -0.383 e. The second-order valence-electron chi connectivity index (χ2n) is 2.46. The van der Waals surface area contributed by atoms with Gasteiger partial charge in [-0.1, -0.05) is 0 Å². The van der Waals surface area contributed by atoms with Crippen molar-refractivity contribution < 1.29 is 0 Å². The lowest BCUT2D eigenvalue weighted by Crippen LogP contribution is -2.04. The number of nitrogen functional groups attached to an aromatic ring is 1. The topological polar surface area (TPSA) is 71.8 Å². The first-order valence-corrected chi connectivity index (χ1v) is 3.51. The summed E-state index contributed by atoms with van der Waals surface area (Å²) in [5.41, 5.74) is 6.14. The number of anilines is 1. The van der Waals surface area contributed by atoms with E-state index in [1.807, 2.05) is 0 Å². The molecule has 0 unspecified atom stereocenters. The van der Waals surface area contributed by atoms with Gasteiger partial charge in [0.25, 0.3) is 0 Å². The highest BCUT2D eigenvalue weighted by molar-refractivity contribution is 5.87. The van der Waals surface area contributed by atoms with Crippen LogP contribution in [0.15, 0.2) is 29.3 Å². The molecule has 0 atom stereocenters. The molecule has 4 nitrogen and oxygen atoms in total. The van der Waals surface area contributed by atoms with E-state index in [0.717, 1.165) is 5.52 Å².